The van der Waals surface area contributed by atoms with Crippen LogP contribution in [-0.2, 0) is 4.79 Å². The fourth-order valence-electron chi connectivity index (χ4n) is 4.65. The van der Waals surface area contributed by atoms with Gasteiger partial charge in [-0.2, -0.15) is 0 Å². The first-order valence-corrected chi connectivity index (χ1v) is 11.5. The second-order valence-corrected chi connectivity index (χ2v) is 9.84. The van der Waals surface area contributed by atoms with Crippen molar-refractivity contribution < 1.29 is 9.90 Å². The fraction of sp³-hybridized carbons (Fsp3) is 0.444. The first-order chi connectivity index (χ1) is 15.1. The third-order valence-electron chi connectivity index (χ3n) is 6.38. The molecular weight excluding hydrogens is 398 g/mol. The van der Waals surface area contributed by atoms with E-state index >= 15 is 0 Å². The van der Waals surface area contributed by atoms with Crippen LogP contribution < -0.4 is 10.6 Å². The summed E-state index contributed by atoms with van der Waals surface area (Å²) in [6, 6.07) is 8.26. The van der Waals surface area contributed by atoms with Crippen LogP contribution in [0.25, 0.3) is 11.6 Å². The molecule has 4 rings (SSSR count). The monoisotopic (exact) mass is 431 g/mol. The van der Waals surface area contributed by atoms with Crippen LogP contribution in [0.3, 0.4) is 0 Å². The van der Waals surface area contributed by atoms with Gasteiger partial charge in [0.15, 0.2) is 0 Å². The van der Waals surface area contributed by atoms with Crippen LogP contribution in [0.5, 0.6) is 0 Å². The van der Waals surface area contributed by atoms with Crippen molar-refractivity contribution in [1.82, 2.24) is 4.98 Å². The van der Waals surface area contributed by atoms with Gasteiger partial charge in [-0.05, 0) is 89.1 Å². The number of nitrogens with zero attached hydrogens (tertiary/aromatic N) is 1. The zero-order chi connectivity index (χ0) is 23.0. The molecule has 0 unspecified atom stereocenters. The minimum absolute atomic E-state index is 0.0362. The van der Waals surface area contributed by atoms with Gasteiger partial charge in [0.2, 0.25) is 0 Å². The molecule has 1 amide bonds. The summed E-state index contributed by atoms with van der Waals surface area (Å²) in [4.78, 5) is 18.9. The summed E-state index contributed by atoms with van der Waals surface area (Å²) >= 11 is 0. The number of fused-ring (bicyclic) bond motifs is 1. The minimum atomic E-state index is -1.07. The Kier molecular flexibility index (Phi) is 6.03. The van der Waals surface area contributed by atoms with Gasteiger partial charge in [0.05, 0.1) is 11.3 Å². The van der Waals surface area contributed by atoms with Crippen LogP contribution in [-0.4, -0.2) is 34.2 Å². The molecule has 0 bridgehead atoms. The molecule has 2 aromatic rings. The van der Waals surface area contributed by atoms with E-state index in [9.17, 15) is 9.90 Å². The lowest BCUT2D eigenvalue weighted by Crippen LogP contribution is -2.36. The predicted octanol–water partition coefficient (Wildman–Crippen LogP) is 4.16. The van der Waals surface area contributed by atoms with Gasteiger partial charge < -0.3 is 20.7 Å². The zero-order valence-corrected chi connectivity index (χ0v) is 19.5. The van der Waals surface area contributed by atoms with Crippen molar-refractivity contribution in [2.75, 3.05) is 11.4 Å². The Hall–Kier alpha value is -2.81. The van der Waals surface area contributed by atoms with Gasteiger partial charge in [-0.3, -0.25) is 4.79 Å². The average molecular weight is 432 g/mol. The Balaban J connectivity index is 1.73. The Labute approximate surface area is 190 Å². The number of nitrogens with one attached hydrogen (secondary N) is 1. The first-order valence-electron chi connectivity index (χ1n) is 11.5. The number of nitrogens with two attached hydrogens (primary N) is 1. The van der Waals surface area contributed by atoms with E-state index in [1.54, 1.807) is 13.8 Å². The SMILES string of the molecule is Cc1cc(C)c(/C=C2\C(=O)N(CC3CCC(N)CC3)c3cc(C#CC(C)(C)O)ccc32)[nH]1. The zero-order valence-electron chi connectivity index (χ0n) is 19.5. The standard InChI is InChI=1S/C27H33N3O2/c1-17-13-18(2)29-24(17)15-23-22-10-7-19(11-12-27(3,4)32)14-25(22)30(26(23)31)16-20-5-8-21(28)9-6-20/h7,10,13-15,20-21,29,32H,5-6,8-9,16,28H2,1-4H3/b23-15-. The van der Waals surface area contributed by atoms with E-state index in [0.29, 0.717) is 18.0 Å². The highest BCUT2D eigenvalue weighted by Crippen LogP contribution is 2.40. The molecule has 168 valence electrons. The normalized spacial score (nSPS) is 22.1. The summed E-state index contributed by atoms with van der Waals surface area (Å²) in [5.41, 5.74) is 11.5. The summed E-state index contributed by atoms with van der Waals surface area (Å²) in [6.45, 7) is 8.10. The first kappa shape index (κ1) is 22.4. The highest BCUT2D eigenvalue weighted by atomic mass is 16.3. The number of amides is 1. The van der Waals surface area contributed by atoms with E-state index in [1.165, 1.54) is 0 Å². The number of hydrogen-bond donors (Lipinski definition) is 3. The highest BCUT2D eigenvalue weighted by Gasteiger charge is 2.35. The summed E-state index contributed by atoms with van der Waals surface area (Å²) in [6.07, 6.45) is 6.10. The Morgan fingerprint density at radius 3 is 2.56 bits per heavy atom. The molecule has 5 nitrogen and oxygen atoms in total. The van der Waals surface area contributed by atoms with Crippen molar-refractivity contribution in [3.8, 4) is 11.8 Å². The number of aliphatic hydroxyl groups is 1. The smallest absolute Gasteiger partial charge is 0.259 e. The minimum Gasteiger partial charge on any atom is -0.378 e. The molecule has 1 saturated carbocycles. The number of benzene rings is 1. The number of H-pyrrole nitrogens is 1. The Bertz CT molecular complexity index is 1120. The number of carbonyl (C=O) groups is 1. The predicted molar refractivity (Wildman–Crippen MR) is 130 cm³/mol. The van der Waals surface area contributed by atoms with Gasteiger partial charge in [-0.25, -0.2) is 0 Å². The summed E-state index contributed by atoms with van der Waals surface area (Å²) < 4.78 is 0. The van der Waals surface area contributed by atoms with Gasteiger partial charge in [-0.1, -0.05) is 17.9 Å². The lowest BCUT2D eigenvalue weighted by Gasteiger charge is -2.29. The van der Waals surface area contributed by atoms with Gasteiger partial charge in [0.25, 0.3) is 5.91 Å². The fourth-order valence-corrected chi connectivity index (χ4v) is 4.65. The van der Waals surface area contributed by atoms with E-state index in [-0.39, 0.29) is 11.9 Å². The third kappa shape index (κ3) is 4.82. The van der Waals surface area contributed by atoms with Crippen LogP contribution >= 0.6 is 0 Å². The largest absolute Gasteiger partial charge is 0.378 e. The number of aryl methyl sites for hydroxylation is 2. The summed E-state index contributed by atoms with van der Waals surface area (Å²) in [5, 5.41) is 9.98. The molecule has 1 aliphatic carbocycles. The summed E-state index contributed by atoms with van der Waals surface area (Å²) in [5.74, 6) is 6.41. The van der Waals surface area contributed by atoms with Crippen LogP contribution in [0.1, 0.15) is 67.6 Å². The molecule has 0 radical (unpaired) electrons. The molecule has 32 heavy (non-hydrogen) atoms. The van der Waals surface area contributed by atoms with Gasteiger partial charge in [0, 0.05) is 35.1 Å². The number of aromatic nitrogens is 1. The van der Waals surface area contributed by atoms with Crippen molar-refractivity contribution in [2.45, 2.75) is 65.0 Å². The topological polar surface area (TPSA) is 82.3 Å². The number of hydrogen-bond acceptors (Lipinski definition) is 3. The lowest BCUT2D eigenvalue weighted by molar-refractivity contribution is -0.113. The molecule has 1 aromatic heterocycles. The number of carbonyl (C=O) groups excluding carboxylic acids is 1. The molecule has 4 N–H and O–H groups in total. The molecule has 1 aliphatic heterocycles. The van der Waals surface area contributed by atoms with E-state index in [2.05, 4.69) is 29.8 Å². The van der Waals surface area contributed by atoms with Crippen LogP contribution in [0.2, 0.25) is 0 Å². The molecule has 5 heteroatoms. The maximum absolute atomic E-state index is 13.6. The van der Waals surface area contributed by atoms with Crippen LogP contribution in [0, 0.1) is 31.6 Å². The number of rotatable bonds is 3. The highest BCUT2D eigenvalue weighted by molar-refractivity contribution is 6.35. The van der Waals surface area contributed by atoms with E-state index in [4.69, 9.17) is 5.73 Å². The van der Waals surface area contributed by atoms with E-state index in [0.717, 1.165) is 59.4 Å². The van der Waals surface area contributed by atoms with Crippen LogP contribution in [0.15, 0.2) is 24.3 Å². The third-order valence-corrected chi connectivity index (χ3v) is 6.38. The molecule has 0 atom stereocenters. The quantitative estimate of drug-likeness (QED) is 0.504. The van der Waals surface area contributed by atoms with Crippen molar-refractivity contribution in [1.29, 1.82) is 0 Å². The second-order valence-electron chi connectivity index (χ2n) is 9.84. The van der Waals surface area contributed by atoms with Gasteiger partial charge in [-0.15, -0.1) is 0 Å². The summed E-state index contributed by atoms with van der Waals surface area (Å²) in [7, 11) is 0. The molecule has 1 fully saturated rings. The molecule has 2 heterocycles. The van der Waals surface area contributed by atoms with Crippen molar-refractivity contribution in [2.24, 2.45) is 11.7 Å². The second kappa shape index (κ2) is 8.61. The Morgan fingerprint density at radius 2 is 1.94 bits per heavy atom. The molecule has 0 saturated heterocycles. The van der Waals surface area contributed by atoms with Crippen LogP contribution in [0.4, 0.5) is 5.69 Å². The Morgan fingerprint density at radius 1 is 1.22 bits per heavy atom. The van der Waals surface area contributed by atoms with Gasteiger partial charge in [0.1, 0.15) is 5.60 Å². The molecular formula is C27H33N3O2. The van der Waals surface area contributed by atoms with Crippen molar-refractivity contribution in [3.63, 3.8) is 0 Å². The molecule has 0 spiro atoms. The maximum Gasteiger partial charge on any atom is 0.259 e. The lowest BCUT2D eigenvalue weighted by atomic mass is 9.86. The maximum atomic E-state index is 13.6. The van der Waals surface area contributed by atoms with Gasteiger partial charge >= 0.3 is 0 Å². The van der Waals surface area contributed by atoms with E-state index in [1.807, 2.05) is 36.1 Å². The average Bonchev–Trinajstić information content (AvgIpc) is 3.18. The number of anilines is 1. The van der Waals surface area contributed by atoms with Crippen molar-refractivity contribution >= 4 is 23.2 Å². The molecule has 1 aromatic carbocycles. The molecule has 2 aliphatic rings. The van der Waals surface area contributed by atoms with E-state index < -0.39 is 5.60 Å². The number of aromatic amines is 1. The van der Waals surface area contributed by atoms with Crippen molar-refractivity contribution in [3.05, 3.63) is 52.3 Å².